The molecule has 0 aliphatic rings. The summed E-state index contributed by atoms with van der Waals surface area (Å²) in [4.78, 5) is 17.9. The van der Waals surface area contributed by atoms with Gasteiger partial charge in [0.15, 0.2) is 0 Å². The third-order valence-electron chi connectivity index (χ3n) is 2.98. The summed E-state index contributed by atoms with van der Waals surface area (Å²) in [5.41, 5.74) is 1.30. The summed E-state index contributed by atoms with van der Waals surface area (Å²) >= 11 is 11.7. The molecule has 2 aromatic rings. The Bertz CT molecular complexity index is 672. The second-order valence-corrected chi connectivity index (χ2v) is 5.05. The van der Waals surface area contributed by atoms with E-state index in [0.717, 1.165) is 12.2 Å². The minimum absolute atomic E-state index is 0.186. The van der Waals surface area contributed by atoms with E-state index in [9.17, 15) is 4.79 Å². The Morgan fingerprint density at radius 3 is 2.70 bits per heavy atom. The molecule has 0 aliphatic heterocycles. The van der Waals surface area contributed by atoms with Crippen LogP contribution in [0, 0.1) is 0 Å². The molecule has 2 heterocycles. The summed E-state index contributed by atoms with van der Waals surface area (Å²) in [6, 6.07) is 4.92. The molecule has 0 radical (unpaired) electrons. The number of hydrogen-bond acceptors (Lipinski definition) is 4. The van der Waals surface area contributed by atoms with Crippen LogP contribution in [0.1, 0.15) is 12.5 Å². The van der Waals surface area contributed by atoms with Crippen LogP contribution in [0.5, 0.6) is 0 Å². The van der Waals surface area contributed by atoms with Gasteiger partial charge in [0.2, 0.25) is 0 Å². The second-order valence-electron chi connectivity index (χ2n) is 4.31. The number of nitrogens with zero attached hydrogens (tertiary/aromatic N) is 4. The van der Waals surface area contributed by atoms with E-state index in [0.29, 0.717) is 10.7 Å². The van der Waals surface area contributed by atoms with Gasteiger partial charge in [0.25, 0.3) is 5.56 Å². The fourth-order valence-electron chi connectivity index (χ4n) is 1.65. The first-order valence-electron chi connectivity index (χ1n) is 6.10. The van der Waals surface area contributed by atoms with E-state index in [4.69, 9.17) is 23.2 Å². The second kappa shape index (κ2) is 6.24. The normalized spacial score (nSPS) is 10.6. The van der Waals surface area contributed by atoms with Crippen molar-refractivity contribution >= 4 is 28.9 Å². The monoisotopic (exact) mass is 312 g/mol. The molecule has 20 heavy (non-hydrogen) atoms. The molecule has 0 unspecified atom stereocenters. The molecule has 106 valence electrons. The Morgan fingerprint density at radius 1 is 1.35 bits per heavy atom. The van der Waals surface area contributed by atoms with Crippen LogP contribution >= 0.6 is 23.2 Å². The smallest absolute Gasteiger partial charge is 0.269 e. The first-order chi connectivity index (χ1) is 9.51. The third-order valence-corrected chi connectivity index (χ3v) is 3.52. The van der Waals surface area contributed by atoms with Crippen molar-refractivity contribution in [3.8, 4) is 0 Å². The molecule has 0 aliphatic carbocycles. The fourth-order valence-corrected chi connectivity index (χ4v) is 2.06. The number of anilines is 1. The Balaban J connectivity index is 2.28. The lowest BCUT2D eigenvalue weighted by Gasteiger charge is -2.16. The molecule has 2 aromatic heterocycles. The maximum atomic E-state index is 12.0. The van der Waals surface area contributed by atoms with Crippen molar-refractivity contribution in [3.63, 3.8) is 0 Å². The Morgan fingerprint density at radius 2 is 2.10 bits per heavy atom. The predicted molar refractivity (Wildman–Crippen MR) is 80.8 cm³/mol. The van der Waals surface area contributed by atoms with E-state index >= 15 is 0 Å². The Kier molecular flexibility index (Phi) is 4.62. The molecule has 0 fully saturated rings. The highest BCUT2D eigenvalue weighted by Gasteiger charge is 2.07. The summed E-state index contributed by atoms with van der Waals surface area (Å²) in [5.74, 6) is 0. The summed E-state index contributed by atoms with van der Waals surface area (Å²) in [6.07, 6.45) is 1.65. The highest BCUT2D eigenvalue weighted by Crippen LogP contribution is 2.17. The molecular formula is C13H14Cl2N4O. The molecule has 0 aromatic carbocycles. The highest BCUT2D eigenvalue weighted by atomic mass is 35.5. The van der Waals surface area contributed by atoms with Crippen LogP contribution in [-0.4, -0.2) is 28.4 Å². The molecule has 0 saturated heterocycles. The molecule has 5 nitrogen and oxygen atoms in total. The topological polar surface area (TPSA) is 51.0 Å². The summed E-state index contributed by atoms with van der Waals surface area (Å²) < 4.78 is 1.34. The average molecular weight is 313 g/mol. The van der Waals surface area contributed by atoms with Crippen LogP contribution in [0.25, 0.3) is 0 Å². The van der Waals surface area contributed by atoms with Gasteiger partial charge < -0.3 is 4.90 Å². The molecule has 7 heteroatoms. The van der Waals surface area contributed by atoms with Crippen molar-refractivity contribution in [3.05, 3.63) is 50.6 Å². The van der Waals surface area contributed by atoms with Gasteiger partial charge in [0.05, 0.1) is 18.4 Å². The zero-order valence-corrected chi connectivity index (χ0v) is 12.7. The molecule has 0 bridgehead atoms. The van der Waals surface area contributed by atoms with Gasteiger partial charge in [0.1, 0.15) is 10.3 Å². The molecule has 2 rings (SSSR count). The van der Waals surface area contributed by atoms with E-state index in [1.54, 1.807) is 24.4 Å². The van der Waals surface area contributed by atoms with Gasteiger partial charge in [0, 0.05) is 25.2 Å². The Hall–Kier alpha value is -1.59. The summed E-state index contributed by atoms with van der Waals surface area (Å²) in [6.45, 7) is 3.07. The number of aromatic nitrogens is 3. The standard InChI is InChI=1S/C13H14Cl2N4O/c1-3-18(2)10-6-12(20)19(16-7-10)8-9-4-5-11(14)17-13(9)15/h4-7H,3,8H2,1-2H3. The van der Waals surface area contributed by atoms with Crippen molar-refractivity contribution in [1.29, 1.82) is 0 Å². The summed E-state index contributed by atoms with van der Waals surface area (Å²) in [7, 11) is 1.90. The third kappa shape index (κ3) is 3.29. The lowest BCUT2D eigenvalue weighted by Crippen LogP contribution is -2.26. The highest BCUT2D eigenvalue weighted by molar-refractivity contribution is 6.32. The van der Waals surface area contributed by atoms with Crippen molar-refractivity contribution in [2.45, 2.75) is 13.5 Å². The number of halogens is 2. The molecule has 0 amide bonds. The van der Waals surface area contributed by atoms with Gasteiger partial charge in [-0.25, -0.2) is 9.67 Å². The minimum Gasteiger partial charge on any atom is -0.373 e. The van der Waals surface area contributed by atoms with E-state index in [2.05, 4.69) is 10.1 Å². The number of rotatable bonds is 4. The maximum Gasteiger partial charge on any atom is 0.269 e. The largest absolute Gasteiger partial charge is 0.373 e. The van der Waals surface area contributed by atoms with E-state index in [1.807, 2.05) is 18.9 Å². The van der Waals surface area contributed by atoms with Crippen LogP contribution in [0.3, 0.4) is 0 Å². The van der Waals surface area contributed by atoms with Crippen LogP contribution in [0.4, 0.5) is 5.69 Å². The predicted octanol–water partition coefficient (Wildman–Crippen LogP) is 2.45. The van der Waals surface area contributed by atoms with Gasteiger partial charge in [-0.1, -0.05) is 29.3 Å². The minimum atomic E-state index is -0.186. The van der Waals surface area contributed by atoms with Gasteiger partial charge in [-0.3, -0.25) is 4.79 Å². The molecule has 0 N–H and O–H groups in total. The fraction of sp³-hybridized carbons (Fsp3) is 0.308. The quantitative estimate of drug-likeness (QED) is 0.814. The lowest BCUT2D eigenvalue weighted by molar-refractivity contribution is 0.636. The zero-order valence-electron chi connectivity index (χ0n) is 11.2. The van der Waals surface area contributed by atoms with Crippen molar-refractivity contribution < 1.29 is 0 Å². The van der Waals surface area contributed by atoms with Gasteiger partial charge >= 0.3 is 0 Å². The molecular weight excluding hydrogens is 299 g/mol. The zero-order chi connectivity index (χ0) is 14.7. The SMILES string of the molecule is CCN(C)c1cnn(Cc2ccc(Cl)nc2Cl)c(=O)c1. The number of hydrogen-bond donors (Lipinski definition) is 0. The number of pyridine rings is 1. The lowest BCUT2D eigenvalue weighted by atomic mass is 10.3. The molecule has 0 spiro atoms. The Labute approximate surface area is 126 Å². The van der Waals surface area contributed by atoms with Crippen molar-refractivity contribution in [2.75, 3.05) is 18.5 Å². The van der Waals surface area contributed by atoms with Crippen LogP contribution in [0.15, 0.2) is 29.2 Å². The van der Waals surface area contributed by atoms with E-state index in [1.165, 1.54) is 4.68 Å². The van der Waals surface area contributed by atoms with E-state index in [-0.39, 0.29) is 17.3 Å². The molecule has 0 atom stereocenters. The summed E-state index contributed by atoms with van der Waals surface area (Å²) in [5, 5.41) is 4.75. The van der Waals surface area contributed by atoms with E-state index < -0.39 is 0 Å². The van der Waals surface area contributed by atoms with Crippen LogP contribution in [0.2, 0.25) is 10.3 Å². The van der Waals surface area contributed by atoms with Crippen LogP contribution < -0.4 is 10.5 Å². The van der Waals surface area contributed by atoms with Crippen molar-refractivity contribution in [2.24, 2.45) is 0 Å². The van der Waals surface area contributed by atoms with Gasteiger partial charge in [-0.05, 0) is 13.0 Å². The first-order valence-corrected chi connectivity index (χ1v) is 6.86. The van der Waals surface area contributed by atoms with Crippen molar-refractivity contribution in [1.82, 2.24) is 14.8 Å². The molecule has 0 saturated carbocycles. The first kappa shape index (κ1) is 14.8. The van der Waals surface area contributed by atoms with Gasteiger partial charge in [-0.15, -0.1) is 0 Å². The average Bonchev–Trinajstić information content (AvgIpc) is 2.42. The maximum absolute atomic E-state index is 12.0. The van der Waals surface area contributed by atoms with Crippen LogP contribution in [-0.2, 0) is 6.54 Å². The van der Waals surface area contributed by atoms with Gasteiger partial charge in [-0.2, -0.15) is 5.10 Å².